The first-order valence-corrected chi connectivity index (χ1v) is 12.2. The fourth-order valence-electron chi connectivity index (χ4n) is 4.67. The lowest BCUT2D eigenvalue weighted by Crippen LogP contribution is -2.40. The van der Waals surface area contributed by atoms with E-state index < -0.39 is 5.97 Å². The smallest absolute Gasteiger partial charge is 0.354 e. The summed E-state index contributed by atoms with van der Waals surface area (Å²) in [4.78, 5) is 23.3. The summed E-state index contributed by atoms with van der Waals surface area (Å²) in [5, 5.41) is 22.1. The highest BCUT2D eigenvalue weighted by Gasteiger charge is 2.29. The van der Waals surface area contributed by atoms with E-state index in [0.717, 1.165) is 62.3 Å². The van der Waals surface area contributed by atoms with Crippen LogP contribution in [0.5, 0.6) is 0 Å². The van der Waals surface area contributed by atoms with E-state index in [1.807, 2.05) is 42.5 Å². The Morgan fingerprint density at radius 2 is 1.83 bits per heavy atom. The molecule has 0 unspecified atom stereocenters. The average molecular weight is 471 g/mol. The molecule has 0 amide bonds. The summed E-state index contributed by atoms with van der Waals surface area (Å²) in [6.07, 6.45) is 6.66. The van der Waals surface area contributed by atoms with Gasteiger partial charge in [0.25, 0.3) is 0 Å². The summed E-state index contributed by atoms with van der Waals surface area (Å²) in [5.74, 6) is 0.300. The Hall–Kier alpha value is -3.78. The minimum Gasteiger partial charge on any atom is -0.477 e. The zero-order valence-corrected chi connectivity index (χ0v) is 19.6. The van der Waals surface area contributed by atoms with Crippen LogP contribution in [0.3, 0.4) is 0 Å². The number of para-hydroxylation sites is 1. The number of nitrogens with one attached hydrogen (secondary N) is 2. The van der Waals surface area contributed by atoms with Gasteiger partial charge in [0.15, 0.2) is 5.69 Å². The Morgan fingerprint density at radius 1 is 1.09 bits per heavy atom. The molecule has 0 atom stereocenters. The molecule has 8 nitrogen and oxygen atoms in total. The molecule has 35 heavy (non-hydrogen) atoms. The second-order valence-corrected chi connectivity index (χ2v) is 9.35. The van der Waals surface area contributed by atoms with Gasteiger partial charge < -0.3 is 26.5 Å². The van der Waals surface area contributed by atoms with Crippen molar-refractivity contribution in [1.29, 1.82) is 5.41 Å². The van der Waals surface area contributed by atoms with Crippen molar-refractivity contribution >= 4 is 29.0 Å². The van der Waals surface area contributed by atoms with Gasteiger partial charge in [0.05, 0.1) is 0 Å². The molecule has 1 saturated heterocycles. The lowest BCUT2D eigenvalue weighted by molar-refractivity contribution is 0.0690. The fraction of sp³-hybridized carbons (Fsp3) is 0.333. The quantitative estimate of drug-likeness (QED) is 0.369. The lowest BCUT2D eigenvalue weighted by Gasteiger charge is -2.31. The Morgan fingerprint density at radius 3 is 2.43 bits per heavy atom. The van der Waals surface area contributed by atoms with E-state index in [2.05, 4.69) is 15.2 Å². The number of carbonyl (C=O) groups is 1. The number of carboxylic acids is 1. The molecule has 0 radical (unpaired) electrons. The maximum Gasteiger partial charge on any atom is 0.354 e. The monoisotopic (exact) mass is 470 g/mol. The molecule has 2 aliphatic rings. The standard InChI is InChI=1S/C27H30N6O2/c28-19-11-13-33(14-12-19)23-10-9-18(16-30-23)21-15-22(27(34)35)32-26(31-20-7-2-1-3-8-20)24(21)25(29)17-5-4-6-17/h1-3,7-10,15-17,19,29H,4-6,11-14,28H2,(H,31,32)(H,34,35). The van der Waals surface area contributed by atoms with Crippen LogP contribution in [0.15, 0.2) is 54.7 Å². The molecule has 1 aromatic carbocycles. The molecule has 3 heterocycles. The molecule has 2 fully saturated rings. The minimum atomic E-state index is -1.11. The zero-order chi connectivity index (χ0) is 24.4. The number of anilines is 3. The van der Waals surface area contributed by atoms with Gasteiger partial charge in [0.1, 0.15) is 11.6 Å². The highest BCUT2D eigenvalue weighted by molar-refractivity contribution is 6.10. The number of hydrogen-bond donors (Lipinski definition) is 4. The average Bonchev–Trinajstić information content (AvgIpc) is 2.83. The van der Waals surface area contributed by atoms with Crippen LogP contribution in [0, 0.1) is 11.3 Å². The molecule has 0 bridgehead atoms. The topological polar surface area (TPSA) is 128 Å². The van der Waals surface area contributed by atoms with Crippen LogP contribution >= 0.6 is 0 Å². The number of carboxylic acid groups (broad SMARTS) is 1. The first kappa shape index (κ1) is 23.0. The Balaban J connectivity index is 1.58. The Kier molecular flexibility index (Phi) is 6.46. The Bertz CT molecular complexity index is 1220. The number of nitrogens with zero attached hydrogens (tertiary/aromatic N) is 3. The largest absolute Gasteiger partial charge is 0.477 e. The number of aromatic carboxylic acids is 1. The van der Waals surface area contributed by atoms with Gasteiger partial charge >= 0.3 is 5.97 Å². The molecule has 2 aromatic heterocycles. The summed E-state index contributed by atoms with van der Waals surface area (Å²) in [5.41, 5.74) is 9.31. The third-order valence-corrected chi connectivity index (χ3v) is 6.98. The highest BCUT2D eigenvalue weighted by Crippen LogP contribution is 2.38. The summed E-state index contributed by atoms with van der Waals surface area (Å²) in [6.45, 7) is 1.74. The van der Waals surface area contributed by atoms with Crippen LogP contribution in [-0.4, -0.2) is 45.9 Å². The molecule has 0 spiro atoms. The van der Waals surface area contributed by atoms with Crippen molar-refractivity contribution in [2.45, 2.75) is 38.1 Å². The summed E-state index contributed by atoms with van der Waals surface area (Å²) in [6, 6.07) is 15.2. The third kappa shape index (κ3) is 4.88. The summed E-state index contributed by atoms with van der Waals surface area (Å²) in [7, 11) is 0. The summed E-state index contributed by atoms with van der Waals surface area (Å²) < 4.78 is 0. The second kappa shape index (κ2) is 9.84. The van der Waals surface area contributed by atoms with Gasteiger partial charge in [-0.2, -0.15) is 0 Å². The molecule has 3 aromatic rings. The number of rotatable bonds is 7. The van der Waals surface area contributed by atoms with Crippen molar-refractivity contribution in [2.24, 2.45) is 11.7 Å². The van der Waals surface area contributed by atoms with Crippen LogP contribution in [0.2, 0.25) is 0 Å². The fourth-order valence-corrected chi connectivity index (χ4v) is 4.67. The van der Waals surface area contributed by atoms with Crippen molar-refractivity contribution in [2.75, 3.05) is 23.3 Å². The maximum atomic E-state index is 12.0. The molecule has 1 saturated carbocycles. The van der Waals surface area contributed by atoms with Gasteiger partial charge in [0, 0.05) is 53.8 Å². The van der Waals surface area contributed by atoms with Gasteiger partial charge in [-0.25, -0.2) is 14.8 Å². The molecular formula is C27H30N6O2. The number of aromatic nitrogens is 2. The van der Waals surface area contributed by atoms with Gasteiger partial charge in [-0.1, -0.05) is 24.6 Å². The summed E-state index contributed by atoms with van der Waals surface area (Å²) >= 11 is 0. The maximum absolute atomic E-state index is 12.0. The van der Waals surface area contributed by atoms with E-state index in [1.165, 1.54) is 0 Å². The third-order valence-electron chi connectivity index (χ3n) is 6.98. The number of pyridine rings is 2. The predicted octanol–water partition coefficient (Wildman–Crippen LogP) is 4.68. The van der Waals surface area contributed by atoms with Crippen LogP contribution in [0.25, 0.3) is 11.1 Å². The van der Waals surface area contributed by atoms with E-state index in [4.69, 9.17) is 16.1 Å². The van der Waals surface area contributed by atoms with Crippen molar-refractivity contribution in [3.8, 4) is 11.1 Å². The molecule has 1 aliphatic heterocycles. The first-order chi connectivity index (χ1) is 17.0. The normalized spacial score (nSPS) is 16.5. The first-order valence-electron chi connectivity index (χ1n) is 12.2. The SMILES string of the molecule is N=C(c1c(-c2ccc(N3CCC(N)CC3)nc2)cc(C(=O)O)nc1Nc1ccccc1)C1CCC1. The predicted molar refractivity (Wildman–Crippen MR) is 138 cm³/mol. The molecular weight excluding hydrogens is 440 g/mol. The van der Waals surface area contributed by atoms with Crippen LogP contribution < -0.4 is 16.0 Å². The number of piperidine rings is 1. The second-order valence-electron chi connectivity index (χ2n) is 9.35. The van der Waals surface area contributed by atoms with Gasteiger partial charge in [-0.15, -0.1) is 0 Å². The molecule has 8 heteroatoms. The molecule has 1 aliphatic carbocycles. The van der Waals surface area contributed by atoms with Crippen LogP contribution in [0.4, 0.5) is 17.3 Å². The van der Waals surface area contributed by atoms with Crippen molar-refractivity contribution in [3.63, 3.8) is 0 Å². The molecule has 5 rings (SSSR count). The van der Waals surface area contributed by atoms with Crippen LogP contribution in [-0.2, 0) is 0 Å². The van der Waals surface area contributed by atoms with Gasteiger partial charge in [-0.05, 0) is 61.6 Å². The van der Waals surface area contributed by atoms with Crippen molar-refractivity contribution in [1.82, 2.24) is 9.97 Å². The molecule has 5 N–H and O–H groups in total. The van der Waals surface area contributed by atoms with E-state index in [-0.39, 0.29) is 17.7 Å². The van der Waals surface area contributed by atoms with Gasteiger partial charge in [-0.3, -0.25) is 0 Å². The van der Waals surface area contributed by atoms with Crippen LogP contribution in [0.1, 0.15) is 48.2 Å². The van der Waals surface area contributed by atoms with E-state index in [0.29, 0.717) is 22.7 Å². The number of hydrogen-bond acceptors (Lipinski definition) is 7. The zero-order valence-electron chi connectivity index (χ0n) is 19.6. The van der Waals surface area contributed by atoms with E-state index in [1.54, 1.807) is 12.3 Å². The Labute approximate surface area is 204 Å². The highest BCUT2D eigenvalue weighted by atomic mass is 16.4. The molecule has 180 valence electrons. The van der Waals surface area contributed by atoms with E-state index in [9.17, 15) is 9.90 Å². The number of nitrogens with two attached hydrogens (primary N) is 1. The lowest BCUT2D eigenvalue weighted by atomic mass is 9.78. The number of benzene rings is 1. The van der Waals surface area contributed by atoms with Crippen molar-refractivity contribution < 1.29 is 9.90 Å². The van der Waals surface area contributed by atoms with Gasteiger partial charge in [0.2, 0.25) is 0 Å². The minimum absolute atomic E-state index is 0.0716. The van der Waals surface area contributed by atoms with E-state index >= 15 is 0 Å². The van der Waals surface area contributed by atoms with Crippen molar-refractivity contribution in [3.05, 3.63) is 66.0 Å².